The van der Waals surface area contributed by atoms with E-state index < -0.39 is 17.5 Å². The van der Waals surface area contributed by atoms with Gasteiger partial charge in [0.2, 0.25) is 5.91 Å². The summed E-state index contributed by atoms with van der Waals surface area (Å²) in [5, 5.41) is 4.89. The van der Waals surface area contributed by atoms with Crippen LogP contribution in [-0.4, -0.2) is 27.7 Å². The first-order valence-electron chi connectivity index (χ1n) is 8.88. The molecule has 3 aromatic rings. The zero-order valence-electron chi connectivity index (χ0n) is 15.8. The summed E-state index contributed by atoms with van der Waals surface area (Å²) in [5.74, 6) is -0.236. The van der Waals surface area contributed by atoms with Gasteiger partial charge in [-0.3, -0.25) is 19.4 Å². The van der Waals surface area contributed by atoms with Crippen LogP contribution in [0.2, 0.25) is 0 Å². The fourth-order valence-electron chi connectivity index (χ4n) is 3.21. The highest BCUT2D eigenvalue weighted by molar-refractivity contribution is 7.14. The third kappa shape index (κ3) is 3.29. The number of aromatic nitrogens is 1. The third-order valence-corrected chi connectivity index (χ3v) is 5.54. The Morgan fingerprint density at radius 2 is 2.00 bits per heavy atom. The number of anilines is 2. The van der Waals surface area contributed by atoms with Crippen LogP contribution in [0, 0.1) is 0 Å². The maximum Gasteiger partial charge on any atom is 0.325 e. The van der Waals surface area contributed by atoms with Crippen molar-refractivity contribution in [3.05, 3.63) is 65.6 Å². The molecule has 0 saturated carbocycles. The molecule has 1 aliphatic heterocycles. The molecule has 1 unspecified atom stereocenters. The Morgan fingerprint density at radius 1 is 1.24 bits per heavy atom. The number of benzene rings is 1. The van der Waals surface area contributed by atoms with Crippen LogP contribution < -0.4 is 10.2 Å². The summed E-state index contributed by atoms with van der Waals surface area (Å²) in [7, 11) is 0. The van der Waals surface area contributed by atoms with E-state index in [1.165, 1.54) is 29.4 Å². The summed E-state index contributed by atoms with van der Waals surface area (Å²) in [6.07, 6.45) is 1.45. The molecule has 4 amide bonds. The first-order chi connectivity index (χ1) is 13.9. The highest BCUT2D eigenvalue weighted by Gasteiger charge is 2.51. The van der Waals surface area contributed by atoms with Crippen molar-refractivity contribution in [2.45, 2.75) is 25.9 Å². The van der Waals surface area contributed by atoms with Crippen molar-refractivity contribution in [2.24, 2.45) is 0 Å². The number of carbonyl (C=O) groups is 3. The minimum atomic E-state index is -1.26. The van der Waals surface area contributed by atoms with Gasteiger partial charge in [-0.2, -0.15) is 0 Å². The lowest BCUT2D eigenvalue weighted by atomic mass is 9.99. The Bertz CT molecular complexity index is 1060. The van der Waals surface area contributed by atoms with Gasteiger partial charge in [-0.05, 0) is 31.2 Å². The van der Waals surface area contributed by atoms with Crippen molar-refractivity contribution in [2.75, 3.05) is 4.90 Å². The van der Waals surface area contributed by atoms with Crippen LogP contribution in [0.5, 0.6) is 0 Å². The molecule has 1 N–H and O–H groups in total. The maximum absolute atomic E-state index is 12.9. The van der Waals surface area contributed by atoms with Gasteiger partial charge < -0.3 is 9.73 Å². The topological polar surface area (TPSA) is 95.8 Å². The van der Waals surface area contributed by atoms with Crippen molar-refractivity contribution in [3.8, 4) is 0 Å². The van der Waals surface area contributed by atoms with Gasteiger partial charge in [0.25, 0.3) is 5.91 Å². The van der Waals surface area contributed by atoms with Crippen molar-refractivity contribution in [1.29, 1.82) is 0 Å². The van der Waals surface area contributed by atoms with Gasteiger partial charge in [0.1, 0.15) is 5.76 Å². The Morgan fingerprint density at radius 3 is 2.66 bits per heavy atom. The molecule has 4 rings (SSSR count). The van der Waals surface area contributed by atoms with Crippen LogP contribution in [0.3, 0.4) is 0 Å². The Hall–Kier alpha value is -3.46. The highest BCUT2D eigenvalue weighted by Crippen LogP contribution is 2.32. The Labute approximate surface area is 170 Å². The number of carbonyl (C=O) groups excluding carboxylic acids is 3. The van der Waals surface area contributed by atoms with Gasteiger partial charge in [0.05, 0.1) is 24.2 Å². The van der Waals surface area contributed by atoms with Crippen molar-refractivity contribution in [3.63, 3.8) is 0 Å². The van der Waals surface area contributed by atoms with Crippen LogP contribution >= 0.6 is 11.3 Å². The largest absolute Gasteiger partial charge is 0.466 e. The molecule has 8 nitrogen and oxygen atoms in total. The zero-order chi connectivity index (χ0) is 20.6. The molecule has 0 spiro atoms. The number of amides is 4. The second-order valence-electron chi connectivity index (χ2n) is 6.74. The number of hydrogen-bond donors (Lipinski definition) is 1. The molecule has 1 saturated heterocycles. The predicted molar refractivity (Wildman–Crippen MR) is 107 cm³/mol. The number of imide groups is 1. The molecule has 9 heteroatoms. The van der Waals surface area contributed by atoms with Crippen LogP contribution in [0.1, 0.15) is 25.3 Å². The summed E-state index contributed by atoms with van der Waals surface area (Å²) in [6, 6.07) is 12.0. The van der Waals surface area contributed by atoms with E-state index in [2.05, 4.69) is 10.3 Å². The molecule has 1 aromatic carbocycles. The molecule has 148 valence electrons. The molecule has 0 aliphatic carbocycles. The molecule has 1 aliphatic rings. The summed E-state index contributed by atoms with van der Waals surface area (Å²) in [5.41, 5.74) is -0.0461. The quantitative estimate of drug-likeness (QED) is 0.651. The lowest BCUT2D eigenvalue weighted by molar-refractivity contribution is -0.132. The molecular formula is C20H18N4O4S. The second kappa shape index (κ2) is 7.17. The van der Waals surface area contributed by atoms with Crippen molar-refractivity contribution < 1.29 is 18.8 Å². The van der Waals surface area contributed by atoms with E-state index >= 15 is 0 Å². The van der Waals surface area contributed by atoms with Crippen LogP contribution in [0.25, 0.3) is 0 Å². The van der Waals surface area contributed by atoms with Gasteiger partial charge in [0.15, 0.2) is 10.7 Å². The predicted octanol–water partition coefficient (Wildman–Crippen LogP) is 3.39. The van der Waals surface area contributed by atoms with Crippen LogP contribution in [0.4, 0.5) is 15.6 Å². The lowest BCUT2D eigenvalue weighted by Gasteiger charge is -2.19. The summed E-state index contributed by atoms with van der Waals surface area (Å²) in [4.78, 5) is 44.6. The standard InChI is InChI=1S/C20H18N4O4S/c1-13(25)24(15-7-4-3-5-8-15)19-21-14(12-29-19)11-23-17(26)20(2,22-18(23)27)16-9-6-10-28-16/h3-10,12H,11H2,1-2H3,(H,22,27). The van der Waals surface area contributed by atoms with E-state index in [4.69, 9.17) is 4.42 Å². The molecule has 3 heterocycles. The average Bonchev–Trinajstić information content (AvgIpc) is 3.42. The van der Waals surface area contributed by atoms with E-state index in [0.717, 1.165) is 4.90 Å². The molecule has 29 heavy (non-hydrogen) atoms. The fraction of sp³-hybridized carbons (Fsp3) is 0.200. The molecule has 0 bridgehead atoms. The normalized spacial score (nSPS) is 18.8. The minimum absolute atomic E-state index is 0.00198. The third-order valence-electron chi connectivity index (χ3n) is 4.67. The van der Waals surface area contributed by atoms with Crippen molar-refractivity contribution in [1.82, 2.24) is 15.2 Å². The monoisotopic (exact) mass is 410 g/mol. The molecule has 0 radical (unpaired) electrons. The maximum atomic E-state index is 12.9. The van der Waals surface area contributed by atoms with Gasteiger partial charge >= 0.3 is 6.03 Å². The van der Waals surface area contributed by atoms with E-state index in [-0.39, 0.29) is 12.5 Å². The zero-order valence-corrected chi connectivity index (χ0v) is 16.6. The number of rotatable bonds is 5. The van der Waals surface area contributed by atoms with Gasteiger partial charge in [-0.1, -0.05) is 18.2 Å². The number of para-hydroxylation sites is 1. The van der Waals surface area contributed by atoms with E-state index in [1.54, 1.807) is 24.4 Å². The number of hydrogen-bond acceptors (Lipinski definition) is 6. The van der Waals surface area contributed by atoms with Crippen molar-refractivity contribution >= 4 is 40.0 Å². The number of nitrogens with one attached hydrogen (secondary N) is 1. The van der Waals surface area contributed by atoms with E-state index in [9.17, 15) is 14.4 Å². The first-order valence-corrected chi connectivity index (χ1v) is 9.76. The van der Waals surface area contributed by atoms with E-state index in [1.807, 2.05) is 30.3 Å². The molecule has 1 fully saturated rings. The number of furan rings is 1. The Kier molecular flexibility index (Phi) is 4.67. The van der Waals surface area contributed by atoms with E-state index in [0.29, 0.717) is 22.3 Å². The minimum Gasteiger partial charge on any atom is -0.466 e. The summed E-state index contributed by atoms with van der Waals surface area (Å²) >= 11 is 1.27. The lowest BCUT2D eigenvalue weighted by Crippen LogP contribution is -2.40. The average molecular weight is 410 g/mol. The van der Waals surface area contributed by atoms with Crippen LogP contribution in [-0.2, 0) is 21.7 Å². The fourth-order valence-corrected chi connectivity index (χ4v) is 4.09. The van der Waals surface area contributed by atoms with Gasteiger partial charge in [0, 0.05) is 12.3 Å². The second-order valence-corrected chi connectivity index (χ2v) is 7.57. The number of nitrogens with zero attached hydrogens (tertiary/aromatic N) is 3. The van der Waals surface area contributed by atoms with Gasteiger partial charge in [-0.15, -0.1) is 11.3 Å². The summed E-state index contributed by atoms with van der Waals surface area (Å²) < 4.78 is 5.33. The van der Waals surface area contributed by atoms with Gasteiger partial charge in [-0.25, -0.2) is 9.78 Å². The molecule has 1 atom stereocenters. The number of urea groups is 1. The highest BCUT2D eigenvalue weighted by atomic mass is 32.1. The number of thiazole rings is 1. The Balaban J connectivity index is 1.57. The summed E-state index contributed by atoms with van der Waals surface area (Å²) in [6.45, 7) is 3.06. The smallest absolute Gasteiger partial charge is 0.325 e. The molecule has 2 aromatic heterocycles. The van der Waals surface area contributed by atoms with Crippen LogP contribution in [0.15, 0.2) is 58.5 Å². The first kappa shape index (κ1) is 18.9. The molecular weight excluding hydrogens is 392 g/mol. The SMILES string of the molecule is CC(=O)N(c1ccccc1)c1nc(CN2C(=O)NC(C)(c3ccco3)C2=O)cs1.